The molecule has 0 aromatic carbocycles. The van der Waals surface area contributed by atoms with Gasteiger partial charge >= 0.3 is 0 Å². The molecule has 0 unspecified atom stereocenters. The van der Waals surface area contributed by atoms with E-state index in [1.165, 1.54) is 0 Å². The van der Waals surface area contributed by atoms with E-state index in [1.807, 2.05) is 11.8 Å². The van der Waals surface area contributed by atoms with Crippen LogP contribution in [-0.2, 0) is 14.3 Å². The molecule has 1 aromatic heterocycles. The molecule has 1 aliphatic heterocycles. The lowest BCUT2D eigenvalue weighted by atomic mass is 9.94. The summed E-state index contributed by atoms with van der Waals surface area (Å²) in [5, 5.41) is 7.30. The van der Waals surface area contributed by atoms with Crippen LogP contribution in [0.5, 0.6) is 0 Å². The lowest BCUT2D eigenvalue weighted by Crippen LogP contribution is -2.44. The number of likely N-dealkylation sites (tertiary alicyclic amines) is 1. The zero-order valence-corrected chi connectivity index (χ0v) is 13.1. The fourth-order valence-corrected chi connectivity index (χ4v) is 2.70. The fraction of sp³-hybridized carbons (Fsp3) is 0.733. The van der Waals surface area contributed by atoms with Crippen molar-refractivity contribution in [3.63, 3.8) is 0 Å². The van der Waals surface area contributed by atoms with Crippen LogP contribution >= 0.6 is 0 Å². The number of nitrogens with one attached hydrogen (secondary N) is 1. The number of nitrogens with zero attached hydrogens (tertiary/aromatic N) is 2. The van der Waals surface area contributed by atoms with Gasteiger partial charge in [-0.3, -0.25) is 9.89 Å². The Bertz CT molecular complexity index is 461. The Morgan fingerprint density at radius 2 is 2.38 bits per heavy atom. The first-order valence-corrected chi connectivity index (χ1v) is 7.53. The number of hydrogen-bond acceptors (Lipinski definition) is 4. The second-order valence-corrected chi connectivity index (χ2v) is 5.61. The smallest absolute Gasteiger partial charge is 0.251 e. The summed E-state index contributed by atoms with van der Waals surface area (Å²) in [5.41, 5.74) is 2.11. The first kappa shape index (κ1) is 16.0. The fourth-order valence-electron chi connectivity index (χ4n) is 2.70. The first-order chi connectivity index (χ1) is 10.1. The molecule has 6 nitrogen and oxygen atoms in total. The van der Waals surface area contributed by atoms with Crippen molar-refractivity contribution in [3.05, 3.63) is 17.5 Å². The van der Waals surface area contributed by atoms with Crippen molar-refractivity contribution in [2.24, 2.45) is 0 Å². The van der Waals surface area contributed by atoms with Crippen LogP contribution < -0.4 is 0 Å². The highest BCUT2D eigenvalue weighted by Crippen LogP contribution is 2.26. The molecule has 0 aliphatic carbocycles. The topological polar surface area (TPSA) is 67.5 Å². The third-order valence-electron chi connectivity index (χ3n) is 3.88. The monoisotopic (exact) mass is 295 g/mol. The van der Waals surface area contributed by atoms with Crippen LogP contribution in [0.1, 0.15) is 37.1 Å². The zero-order chi connectivity index (χ0) is 15.2. The maximum Gasteiger partial charge on any atom is 0.251 e. The molecule has 0 radical (unpaired) electrons. The molecular formula is C15H25N3O3. The van der Waals surface area contributed by atoms with E-state index in [4.69, 9.17) is 9.47 Å². The number of ether oxygens (including phenoxy) is 2. The lowest BCUT2D eigenvalue weighted by Gasteiger charge is -2.33. The highest BCUT2D eigenvalue weighted by atomic mass is 16.5. The Kier molecular flexibility index (Phi) is 5.76. The molecule has 6 heteroatoms. The molecule has 1 aliphatic rings. The molecule has 0 saturated carbocycles. The Morgan fingerprint density at radius 1 is 1.57 bits per heavy atom. The third-order valence-corrected chi connectivity index (χ3v) is 3.88. The number of aryl methyl sites for hydroxylation is 1. The summed E-state index contributed by atoms with van der Waals surface area (Å²) in [5.74, 6) is 0.377. The van der Waals surface area contributed by atoms with Crippen LogP contribution in [0.3, 0.4) is 0 Å². The van der Waals surface area contributed by atoms with Gasteiger partial charge in [0.2, 0.25) is 0 Å². The van der Waals surface area contributed by atoms with E-state index in [0.29, 0.717) is 19.1 Å². The molecule has 0 bridgehead atoms. The van der Waals surface area contributed by atoms with Gasteiger partial charge in [0.15, 0.2) is 0 Å². The van der Waals surface area contributed by atoms with Gasteiger partial charge in [-0.25, -0.2) is 0 Å². The number of piperidine rings is 1. The van der Waals surface area contributed by atoms with Crippen molar-refractivity contribution in [1.82, 2.24) is 15.1 Å². The predicted octanol–water partition coefficient (Wildman–Crippen LogP) is 1.48. The van der Waals surface area contributed by atoms with Crippen LogP contribution in [-0.4, -0.2) is 60.5 Å². The van der Waals surface area contributed by atoms with Crippen molar-refractivity contribution in [2.75, 3.05) is 33.4 Å². The van der Waals surface area contributed by atoms with Crippen LogP contribution in [0.25, 0.3) is 0 Å². The van der Waals surface area contributed by atoms with Gasteiger partial charge in [0.05, 0.1) is 18.9 Å². The first-order valence-electron chi connectivity index (χ1n) is 7.53. The quantitative estimate of drug-likeness (QED) is 0.807. The van der Waals surface area contributed by atoms with Crippen LogP contribution in [0.2, 0.25) is 0 Å². The summed E-state index contributed by atoms with van der Waals surface area (Å²) in [6, 6.07) is 2.07. The van der Waals surface area contributed by atoms with Gasteiger partial charge in [0.25, 0.3) is 5.91 Å². The van der Waals surface area contributed by atoms with E-state index < -0.39 is 6.10 Å². The van der Waals surface area contributed by atoms with Crippen LogP contribution in [0.15, 0.2) is 6.07 Å². The number of carbonyl (C=O) groups excluding carboxylic acids is 1. The van der Waals surface area contributed by atoms with E-state index in [9.17, 15) is 4.79 Å². The summed E-state index contributed by atoms with van der Waals surface area (Å²) in [6.07, 6.45) is 1.67. The molecule has 1 N–H and O–H groups in total. The van der Waals surface area contributed by atoms with E-state index in [-0.39, 0.29) is 5.91 Å². The lowest BCUT2D eigenvalue weighted by molar-refractivity contribution is -0.144. The molecule has 1 amide bonds. The number of aromatic nitrogens is 2. The summed E-state index contributed by atoms with van der Waals surface area (Å²) < 4.78 is 10.4. The highest BCUT2D eigenvalue weighted by molar-refractivity contribution is 5.80. The Labute approximate surface area is 125 Å². The zero-order valence-electron chi connectivity index (χ0n) is 13.1. The van der Waals surface area contributed by atoms with Crippen molar-refractivity contribution < 1.29 is 14.3 Å². The summed E-state index contributed by atoms with van der Waals surface area (Å²) in [4.78, 5) is 14.3. The second kappa shape index (κ2) is 7.56. The molecule has 2 rings (SSSR count). The highest BCUT2D eigenvalue weighted by Gasteiger charge is 2.28. The normalized spacial score (nSPS) is 20.5. The largest absolute Gasteiger partial charge is 0.382 e. The van der Waals surface area contributed by atoms with Gasteiger partial charge in [0.1, 0.15) is 6.10 Å². The Hall–Kier alpha value is -1.40. The number of aromatic amines is 1. The van der Waals surface area contributed by atoms with Crippen LogP contribution in [0, 0.1) is 6.92 Å². The van der Waals surface area contributed by atoms with Gasteiger partial charge in [-0.1, -0.05) is 0 Å². The minimum atomic E-state index is -0.417. The predicted molar refractivity (Wildman–Crippen MR) is 79.2 cm³/mol. The van der Waals surface area contributed by atoms with Gasteiger partial charge in [0, 0.05) is 31.8 Å². The molecule has 118 valence electrons. The van der Waals surface area contributed by atoms with Crippen molar-refractivity contribution in [2.45, 2.75) is 38.7 Å². The van der Waals surface area contributed by atoms with Gasteiger partial charge < -0.3 is 14.4 Å². The van der Waals surface area contributed by atoms with Crippen LogP contribution in [0.4, 0.5) is 0 Å². The summed E-state index contributed by atoms with van der Waals surface area (Å²) in [6.45, 7) is 6.28. The van der Waals surface area contributed by atoms with Crippen molar-refractivity contribution in [3.8, 4) is 0 Å². The van der Waals surface area contributed by atoms with Gasteiger partial charge in [-0.05, 0) is 32.8 Å². The summed E-state index contributed by atoms with van der Waals surface area (Å²) >= 11 is 0. The molecule has 0 spiro atoms. The molecule has 2 heterocycles. The molecular weight excluding hydrogens is 270 g/mol. The molecule has 2 atom stereocenters. The molecule has 1 fully saturated rings. The van der Waals surface area contributed by atoms with Crippen molar-refractivity contribution in [1.29, 1.82) is 0 Å². The van der Waals surface area contributed by atoms with Crippen molar-refractivity contribution >= 4 is 5.91 Å². The number of hydrogen-bond donors (Lipinski definition) is 1. The SMILES string of the molecule is COCCO[C@@H](C)C(=O)N1CCC[C@H](c2cc(C)[nH]n2)C1. The van der Waals surface area contributed by atoms with E-state index in [2.05, 4.69) is 16.3 Å². The minimum Gasteiger partial charge on any atom is -0.382 e. The molecule has 1 saturated heterocycles. The summed E-state index contributed by atoms with van der Waals surface area (Å²) in [7, 11) is 1.62. The second-order valence-electron chi connectivity index (χ2n) is 5.61. The number of rotatable bonds is 6. The molecule has 21 heavy (non-hydrogen) atoms. The maximum atomic E-state index is 12.4. The minimum absolute atomic E-state index is 0.0584. The number of carbonyl (C=O) groups is 1. The number of methoxy groups -OCH3 is 1. The standard InChI is InChI=1S/C15H25N3O3/c1-11-9-14(17-16-11)13-5-4-6-18(10-13)15(19)12(2)21-8-7-20-3/h9,12-13H,4-8,10H2,1-3H3,(H,16,17)/t12-,13-/m0/s1. The van der Waals surface area contributed by atoms with Gasteiger partial charge in [-0.2, -0.15) is 5.10 Å². The number of H-pyrrole nitrogens is 1. The maximum absolute atomic E-state index is 12.4. The average molecular weight is 295 g/mol. The third kappa shape index (κ3) is 4.28. The van der Waals surface area contributed by atoms with E-state index in [1.54, 1.807) is 14.0 Å². The van der Waals surface area contributed by atoms with Gasteiger partial charge in [-0.15, -0.1) is 0 Å². The number of amides is 1. The van der Waals surface area contributed by atoms with E-state index in [0.717, 1.165) is 37.3 Å². The molecule has 1 aromatic rings. The Balaban J connectivity index is 1.89. The van der Waals surface area contributed by atoms with E-state index >= 15 is 0 Å². The Morgan fingerprint density at radius 3 is 3.05 bits per heavy atom. The average Bonchev–Trinajstić information content (AvgIpc) is 2.93.